The molecule has 3 nitrogen and oxygen atoms in total. The van der Waals surface area contributed by atoms with Crippen LogP contribution in [0.2, 0.25) is 0 Å². The van der Waals surface area contributed by atoms with Crippen molar-refractivity contribution >= 4 is 17.7 Å². The van der Waals surface area contributed by atoms with E-state index in [1.807, 2.05) is 12.1 Å². The largest absolute Gasteiger partial charge is 0.479 e. The van der Waals surface area contributed by atoms with Crippen LogP contribution in [0.1, 0.15) is 33.3 Å². The summed E-state index contributed by atoms with van der Waals surface area (Å²) in [7, 11) is 0. The summed E-state index contributed by atoms with van der Waals surface area (Å²) in [6.45, 7) is 8.74. The van der Waals surface area contributed by atoms with Crippen molar-refractivity contribution in [2.24, 2.45) is 0 Å². The van der Waals surface area contributed by atoms with Crippen LogP contribution in [-0.4, -0.2) is 29.5 Å². The standard InChI is InChI=1S/C15H22O3S/c1-5-18-13(14(16)17)10-19-12-8-6-11(7-9-12)15(2,3)4/h6-9,13H,5,10H2,1-4H3,(H,16,17). The number of hydrogen-bond donors (Lipinski definition) is 1. The molecule has 0 aliphatic heterocycles. The van der Waals surface area contributed by atoms with Crippen LogP contribution < -0.4 is 0 Å². The Morgan fingerprint density at radius 2 is 1.89 bits per heavy atom. The Morgan fingerprint density at radius 1 is 1.32 bits per heavy atom. The van der Waals surface area contributed by atoms with Crippen molar-refractivity contribution in [3.8, 4) is 0 Å². The van der Waals surface area contributed by atoms with Gasteiger partial charge in [0.2, 0.25) is 0 Å². The maximum absolute atomic E-state index is 11.0. The van der Waals surface area contributed by atoms with E-state index in [1.54, 1.807) is 6.92 Å². The molecule has 19 heavy (non-hydrogen) atoms. The lowest BCUT2D eigenvalue weighted by atomic mass is 9.87. The van der Waals surface area contributed by atoms with Gasteiger partial charge in [-0.3, -0.25) is 0 Å². The normalized spacial score (nSPS) is 13.3. The van der Waals surface area contributed by atoms with Gasteiger partial charge in [-0.05, 0) is 30.0 Å². The van der Waals surface area contributed by atoms with Crippen molar-refractivity contribution in [3.05, 3.63) is 29.8 Å². The van der Waals surface area contributed by atoms with E-state index in [-0.39, 0.29) is 5.41 Å². The number of carboxylic acid groups (broad SMARTS) is 1. The maximum Gasteiger partial charge on any atom is 0.333 e. The highest BCUT2D eigenvalue weighted by Gasteiger charge is 2.18. The molecule has 0 aromatic heterocycles. The molecule has 1 unspecified atom stereocenters. The number of carbonyl (C=O) groups is 1. The zero-order valence-corrected chi connectivity index (χ0v) is 12.8. The van der Waals surface area contributed by atoms with Crippen molar-refractivity contribution in [2.45, 2.75) is 44.1 Å². The van der Waals surface area contributed by atoms with Crippen LogP contribution in [0.4, 0.5) is 0 Å². The zero-order valence-electron chi connectivity index (χ0n) is 12.0. The van der Waals surface area contributed by atoms with Gasteiger partial charge in [0, 0.05) is 17.3 Å². The molecule has 0 saturated carbocycles. The molecule has 1 atom stereocenters. The highest BCUT2D eigenvalue weighted by atomic mass is 32.2. The molecule has 0 radical (unpaired) electrons. The summed E-state index contributed by atoms with van der Waals surface area (Å²) in [5, 5.41) is 8.99. The summed E-state index contributed by atoms with van der Waals surface area (Å²) < 4.78 is 5.18. The van der Waals surface area contributed by atoms with Crippen LogP contribution in [0.3, 0.4) is 0 Å². The van der Waals surface area contributed by atoms with Crippen LogP contribution in [0.25, 0.3) is 0 Å². The summed E-state index contributed by atoms with van der Waals surface area (Å²) in [5.41, 5.74) is 1.41. The van der Waals surface area contributed by atoms with Crippen LogP contribution in [0.5, 0.6) is 0 Å². The fourth-order valence-electron chi connectivity index (χ4n) is 1.61. The molecule has 0 aliphatic rings. The number of benzene rings is 1. The van der Waals surface area contributed by atoms with Gasteiger partial charge in [0.05, 0.1) is 0 Å². The van der Waals surface area contributed by atoms with Crippen molar-refractivity contribution in [3.63, 3.8) is 0 Å². The third kappa shape index (κ3) is 5.25. The summed E-state index contributed by atoms with van der Waals surface area (Å²) in [6, 6.07) is 8.27. The first-order valence-electron chi connectivity index (χ1n) is 6.42. The first-order valence-corrected chi connectivity index (χ1v) is 7.41. The van der Waals surface area contributed by atoms with Crippen LogP contribution >= 0.6 is 11.8 Å². The summed E-state index contributed by atoms with van der Waals surface area (Å²) in [5.74, 6) is -0.474. The van der Waals surface area contributed by atoms with Crippen molar-refractivity contribution in [1.29, 1.82) is 0 Å². The van der Waals surface area contributed by atoms with Crippen LogP contribution in [-0.2, 0) is 14.9 Å². The smallest absolute Gasteiger partial charge is 0.333 e. The molecule has 4 heteroatoms. The third-order valence-electron chi connectivity index (χ3n) is 2.77. The minimum Gasteiger partial charge on any atom is -0.479 e. The monoisotopic (exact) mass is 282 g/mol. The molecule has 106 valence electrons. The van der Waals surface area contributed by atoms with Gasteiger partial charge in [-0.1, -0.05) is 32.9 Å². The predicted octanol–water partition coefficient (Wildman–Crippen LogP) is 3.57. The topological polar surface area (TPSA) is 46.5 Å². The molecule has 0 bridgehead atoms. The number of rotatable bonds is 6. The van der Waals surface area contributed by atoms with E-state index in [2.05, 4.69) is 32.9 Å². The molecule has 0 saturated heterocycles. The first-order chi connectivity index (χ1) is 8.84. The number of aliphatic carboxylic acids is 1. The molecule has 0 fully saturated rings. The van der Waals surface area contributed by atoms with E-state index in [0.29, 0.717) is 12.4 Å². The second-order valence-corrected chi connectivity index (χ2v) is 6.46. The molecule has 0 aliphatic carbocycles. The molecule has 1 aromatic rings. The fraction of sp³-hybridized carbons (Fsp3) is 0.533. The predicted molar refractivity (Wildman–Crippen MR) is 78.9 cm³/mol. The number of thioether (sulfide) groups is 1. The van der Waals surface area contributed by atoms with Gasteiger partial charge in [-0.25, -0.2) is 4.79 Å². The minimum absolute atomic E-state index is 0.137. The molecule has 1 aromatic carbocycles. The van der Waals surface area contributed by atoms with E-state index < -0.39 is 12.1 Å². The second-order valence-electron chi connectivity index (χ2n) is 5.37. The molecule has 0 spiro atoms. The Bertz CT molecular complexity index is 406. The van der Waals surface area contributed by atoms with Gasteiger partial charge >= 0.3 is 5.97 Å². The van der Waals surface area contributed by atoms with Gasteiger partial charge < -0.3 is 9.84 Å². The Labute approximate surface area is 119 Å². The van der Waals surface area contributed by atoms with Gasteiger partial charge in [-0.2, -0.15) is 0 Å². The molecule has 0 amide bonds. The van der Waals surface area contributed by atoms with Gasteiger partial charge in [-0.15, -0.1) is 11.8 Å². The average molecular weight is 282 g/mol. The molecular formula is C15H22O3S. The Kier molecular flexibility index (Phi) is 5.88. The number of hydrogen-bond acceptors (Lipinski definition) is 3. The van der Waals surface area contributed by atoms with Crippen molar-refractivity contribution < 1.29 is 14.6 Å². The first kappa shape index (κ1) is 16.1. The van der Waals surface area contributed by atoms with Crippen molar-refractivity contribution in [2.75, 3.05) is 12.4 Å². The third-order valence-corrected chi connectivity index (χ3v) is 3.84. The van der Waals surface area contributed by atoms with E-state index in [4.69, 9.17) is 9.84 Å². The lowest BCUT2D eigenvalue weighted by Crippen LogP contribution is -2.26. The van der Waals surface area contributed by atoms with E-state index in [0.717, 1.165) is 4.90 Å². The summed E-state index contributed by atoms with van der Waals surface area (Å²) >= 11 is 1.51. The Morgan fingerprint density at radius 3 is 2.32 bits per heavy atom. The number of carboxylic acids is 1. The SMILES string of the molecule is CCOC(CSc1ccc(C(C)(C)C)cc1)C(=O)O. The maximum atomic E-state index is 11.0. The highest BCUT2D eigenvalue weighted by molar-refractivity contribution is 7.99. The average Bonchev–Trinajstić information content (AvgIpc) is 2.33. The fourth-order valence-corrected chi connectivity index (χ4v) is 2.53. The lowest BCUT2D eigenvalue weighted by Gasteiger charge is -2.19. The molecular weight excluding hydrogens is 260 g/mol. The Hall–Kier alpha value is -1.00. The van der Waals surface area contributed by atoms with E-state index in [1.165, 1.54) is 17.3 Å². The van der Waals surface area contributed by atoms with Crippen molar-refractivity contribution in [1.82, 2.24) is 0 Å². The van der Waals surface area contributed by atoms with Gasteiger partial charge in [0.15, 0.2) is 6.10 Å². The van der Waals surface area contributed by atoms with Gasteiger partial charge in [0.25, 0.3) is 0 Å². The van der Waals surface area contributed by atoms with Gasteiger partial charge in [0.1, 0.15) is 0 Å². The summed E-state index contributed by atoms with van der Waals surface area (Å²) in [6.07, 6.45) is -0.739. The molecule has 1 N–H and O–H groups in total. The second kappa shape index (κ2) is 6.96. The van der Waals surface area contributed by atoms with Crippen LogP contribution in [0.15, 0.2) is 29.2 Å². The highest BCUT2D eigenvalue weighted by Crippen LogP contribution is 2.26. The zero-order chi connectivity index (χ0) is 14.5. The van der Waals surface area contributed by atoms with E-state index >= 15 is 0 Å². The Balaban J connectivity index is 2.61. The molecule has 0 heterocycles. The van der Waals surface area contributed by atoms with E-state index in [9.17, 15) is 4.79 Å². The minimum atomic E-state index is -0.902. The van der Waals surface area contributed by atoms with Crippen LogP contribution in [0, 0.1) is 0 Å². The molecule has 1 rings (SSSR count). The summed E-state index contributed by atoms with van der Waals surface area (Å²) in [4.78, 5) is 12.0. The lowest BCUT2D eigenvalue weighted by molar-refractivity contribution is -0.148. The number of ether oxygens (including phenoxy) is 1. The quantitative estimate of drug-likeness (QED) is 0.810.